The van der Waals surface area contributed by atoms with Crippen molar-refractivity contribution in [1.82, 2.24) is 10.3 Å². The molecule has 108 valence electrons. The summed E-state index contributed by atoms with van der Waals surface area (Å²) >= 11 is 0. The maximum Gasteiger partial charge on any atom is 0.244 e. The van der Waals surface area contributed by atoms with Gasteiger partial charge < -0.3 is 10.6 Å². The first-order valence-corrected chi connectivity index (χ1v) is 6.08. The number of aryl methyl sites for hydroxylation is 1. The summed E-state index contributed by atoms with van der Waals surface area (Å²) in [6, 6.07) is 1.93. The van der Waals surface area contributed by atoms with Crippen LogP contribution in [0.4, 0.5) is 5.69 Å². The van der Waals surface area contributed by atoms with Crippen LogP contribution >= 0.6 is 24.8 Å². The molecule has 1 aliphatic rings. The molecule has 1 fully saturated rings. The first kappa shape index (κ1) is 18.2. The standard InChI is InChI=1S/C13H19N3O.2ClH/c1-10-7-11(9-14-8-10)16-12(17)13(2)5-3-4-6-15-13;;/h7-9,15H,3-6H2,1-2H3,(H,16,17);2*1H. The highest BCUT2D eigenvalue weighted by atomic mass is 35.5. The number of nitrogens with one attached hydrogen (secondary N) is 2. The second kappa shape index (κ2) is 7.68. The summed E-state index contributed by atoms with van der Waals surface area (Å²) in [5, 5.41) is 6.23. The molecule has 1 aromatic heterocycles. The molecule has 1 saturated heterocycles. The fourth-order valence-corrected chi connectivity index (χ4v) is 2.14. The van der Waals surface area contributed by atoms with E-state index in [1.165, 1.54) is 0 Å². The number of halogens is 2. The SMILES string of the molecule is Cc1cncc(NC(=O)C2(C)CCCCN2)c1.Cl.Cl. The van der Waals surface area contributed by atoms with Gasteiger partial charge in [-0.3, -0.25) is 9.78 Å². The lowest BCUT2D eigenvalue weighted by Gasteiger charge is -2.33. The lowest BCUT2D eigenvalue weighted by atomic mass is 9.90. The Morgan fingerprint density at radius 2 is 2.11 bits per heavy atom. The summed E-state index contributed by atoms with van der Waals surface area (Å²) in [4.78, 5) is 16.3. The zero-order valence-electron chi connectivity index (χ0n) is 11.2. The van der Waals surface area contributed by atoms with E-state index in [1.807, 2.05) is 19.9 Å². The number of amides is 1. The van der Waals surface area contributed by atoms with Gasteiger partial charge in [-0.25, -0.2) is 0 Å². The Hall–Kier alpha value is -0.840. The molecule has 0 radical (unpaired) electrons. The minimum absolute atomic E-state index is 0. The number of aromatic nitrogens is 1. The maximum absolute atomic E-state index is 12.2. The zero-order valence-corrected chi connectivity index (χ0v) is 12.9. The largest absolute Gasteiger partial charge is 0.323 e. The molecule has 6 heteroatoms. The third kappa shape index (κ3) is 4.64. The van der Waals surface area contributed by atoms with Gasteiger partial charge >= 0.3 is 0 Å². The molecule has 0 saturated carbocycles. The number of hydrogen-bond acceptors (Lipinski definition) is 3. The van der Waals surface area contributed by atoms with E-state index < -0.39 is 5.54 Å². The van der Waals surface area contributed by atoms with Gasteiger partial charge in [-0.15, -0.1) is 24.8 Å². The molecule has 2 N–H and O–H groups in total. The van der Waals surface area contributed by atoms with E-state index in [0.29, 0.717) is 0 Å². The number of rotatable bonds is 2. The predicted octanol–water partition coefficient (Wildman–Crippen LogP) is 2.70. The lowest BCUT2D eigenvalue weighted by Crippen LogP contribution is -2.54. The highest BCUT2D eigenvalue weighted by Gasteiger charge is 2.34. The fourth-order valence-electron chi connectivity index (χ4n) is 2.14. The fraction of sp³-hybridized carbons (Fsp3) is 0.538. The molecule has 1 aliphatic heterocycles. The summed E-state index contributed by atoms with van der Waals surface area (Å²) in [6.07, 6.45) is 6.59. The number of nitrogens with zero attached hydrogens (tertiary/aromatic N) is 1. The van der Waals surface area contributed by atoms with E-state index in [2.05, 4.69) is 15.6 Å². The van der Waals surface area contributed by atoms with Gasteiger partial charge in [0.2, 0.25) is 5.91 Å². The smallest absolute Gasteiger partial charge is 0.244 e. The van der Waals surface area contributed by atoms with Crippen LogP contribution in [0.3, 0.4) is 0 Å². The average molecular weight is 306 g/mol. The van der Waals surface area contributed by atoms with Crippen LogP contribution in [-0.2, 0) is 4.79 Å². The van der Waals surface area contributed by atoms with Crippen LogP contribution in [0.5, 0.6) is 0 Å². The molecular formula is C13H21Cl2N3O. The predicted molar refractivity (Wildman–Crippen MR) is 82.4 cm³/mol. The molecular weight excluding hydrogens is 285 g/mol. The summed E-state index contributed by atoms with van der Waals surface area (Å²) in [5.74, 6) is 0.0320. The van der Waals surface area contributed by atoms with Crippen LogP contribution in [0.1, 0.15) is 31.7 Å². The van der Waals surface area contributed by atoms with Crippen molar-refractivity contribution in [3.05, 3.63) is 24.0 Å². The number of hydrogen-bond donors (Lipinski definition) is 2. The second-order valence-corrected chi connectivity index (χ2v) is 4.92. The van der Waals surface area contributed by atoms with E-state index in [9.17, 15) is 4.79 Å². The Balaban J connectivity index is 0.00000162. The van der Waals surface area contributed by atoms with Gasteiger partial charge in [0.05, 0.1) is 17.4 Å². The summed E-state index contributed by atoms with van der Waals surface area (Å²) in [5.41, 5.74) is 1.37. The van der Waals surface area contributed by atoms with Crippen molar-refractivity contribution in [2.75, 3.05) is 11.9 Å². The summed E-state index contributed by atoms with van der Waals surface area (Å²) in [7, 11) is 0. The molecule has 0 aromatic carbocycles. The molecule has 2 heterocycles. The van der Waals surface area contributed by atoms with E-state index in [4.69, 9.17) is 0 Å². The maximum atomic E-state index is 12.2. The molecule has 1 aromatic rings. The topological polar surface area (TPSA) is 54.0 Å². The van der Waals surface area contributed by atoms with E-state index in [0.717, 1.165) is 37.1 Å². The third-order valence-electron chi connectivity index (χ3n) is 3.25. The molecule has 2 rings (SSSR count). The number of anilines is 1. The van der Waals surface area contributed by atoms with Gasteiger partial charge in [0.15, 0.2) is 0 Å². The number of piperidine rings is 1. The van der Waals surface area contributed by atoms with Gasteiger partial charge in [0.25, 0.3) is 0 Å². The molecule has 0 spiro atoms. The van der Waals surface area contributed by atoms with Crippen molar-refractivity contribution in [3.8, 4) is 0 Å². The van der Waals surface area contributed by atoms with Crippen molar-refractivity contribution >= 4 is 36.4 Å². The Morgan fingerprint density at radius 3 is 2.68 bits per heavy atom. The van der Waals surface area contributed by atoms with Crippen LogP contribution < -0.4 is 10.6 Å². The van der Waals surface area contributed by atoms with E-state index >= 15 is 0 Å². The van der Waals surface area contributed by atoms with Crippen LogP contribution in [0, 0.1) is 6.92 Å². The molecule has 1 unspecified atom stereocenters. The van der Waals surface area contributed by atoms with Crippen LogP contribution in [0.2, 0.25) is 0 Å². The van der Waals surface area contributed by atoms with Gasteiger partial charge in [-0.1, -0.05) is 0 Å². The van der Waals surface area contributed by atoms with E-state index in [1.54, 1.807) is 12.4 Å². The average Bonchev–Trinajstić information content (AvgIpc) is 2.30. The first-order chi connectivity index (χ1) is 8.10. The van der Waals surface area contributed by atoms with Crippen molar-refractivity contribution in [1.29, 1.82) is 0 Å². The molecule has 0 aliphatic carbocycles. The Morgan fingerprint density at radius 1 is 1.37 bits per heavy atom. The quantitative estimate of drug-likeness (QED) is 0.883. The highest BCUT2D eigenvalue weighted by molar-refractivity contribution is 5.97. The molecule has 0 bridgehead atoms. The minimum atomic E-state index is -0.442. The van der Waals surface area contributed by atoms with Gasteiger partial charge in [0, 0.05) is 6.20 Å². The minimum Gasteiger partial charge on any atom is -0.323 e. The van der Waals surface area contributed by atoms with Crippen molar-refractivity contribution in [2.24, 2.45) is 0 Å². The number of carbonyl (C=O) groups is 1. The Labute approximate surface area is 126 Å². The molecule has 1 atom stereocenters. The zero-order chi connectivity index (χ0) is 12.3. The monoisotopic (exact) mass is 305 g/mol. The summed E-state index contributed by atoms with van der Waals surface area (Å²) in [6.45, 7) is 4.84. The van der Waals surface area contributed by atoms with Crippen molar-refractivity contribution < 1.29 is 4.79 Å². The number of carbonyl (C=O) groups excluding carboxylic acids is 1. The first-order valence-electron chi connectivity index (χ1n) is 6.08. The Kier molecular flexibility index (Phi) is 7.34. The van der Waals surface area contributed by atoms with Crippen molar-refractivity contribution in [2.45, 2.75) is 38.6 Å². The normalized spacial score (nSPS) is 21.8. The Bertz CT molecular complexity index is 420. The number of pyridine rings is 1. The molecule has 1 amide bonds. The van der Waals surface area contributed by atoms with Crippen LogP contribution in [-0.4, -0.2) is 23.0 Å². The van der Waals surface area contributed by atoms with Gasteiger partial charge in [-0.05, 0) is 51.3 Å². The molecule has 4 nitrogen and oxygen atoms in total. The lowest BCUT2D eigenvalue weighted by molar-refractivity contribution is -0.122. The molecule has 19 heavy (non-hydrogen) atoms. The van der Waals surface area contributed by atoms with Gasteiger partial charge in [0.1, 0.15) is 0 Å². The van der Waals surface area contributed by atoms with Crippen LogP contribution in [0.25, 0.3) is 0 Å². The van der Waals surface area contributed by atoms with E-state index in [-0.39, 0.29) is 30.7 Å². The van der Waals surface area contributed by atoms with Gasteiger partial charge in [-0.2, -0.15) is 0 Å². The second-order valence-electron chi connectivity index (χ2n) is 4.92. The van der Waals surface area contributed by atoms with Crippen molar-refractivity contribution in [3.63, 3.8) is 0 Å². The summed E-state index contributed by atoms with van der Waals surface area (Å²) < 4.78 is 0. The highest BCUT2D eigenvalue weighted by Crippen LogP contribution is 2.20. The third-order valence-corrected chi connectivity index (χ3v) is 3.25. The van der Waals surface area contributed by atoms with Crippen LogP contribution in [0.15, 0.2) is 18.5 Å².